The molecule has 7 heteroatoms. The van der Waals surface area contributed by atoms with E-state index in [0.29, 0.717) is 6.54 Å². The molecule has 0 bridgehead atoms. The van der Waals surface area contributed by atoms with Gasteiger partial charge in [0.25, 0.3) is 0 Å². The molecule has 0 aliphatic carbocycles. The Kier molecular flexibility index (Phi) is 5.03. The Labute approximate surface area is 139 Å². The number of benzene rings is 1. The van der Waals surface area contributed by atoms with Crippen LogP contribution in [0.1, 0.15) is 48.0 Å². The summed E-state index contributed by atoms with van der Waals surface area (Å²) in [5.41, 5.74) is 1.14. The molecule has 0 spiro atoms. The van der Waals surface area contributed by atoms with E-state index in [0.717, 1.165) is 23.4 Å². The van der Waals surface area contributed by atoms with Gasteiger partial charge in [-0.2, -0.15) is 5.10 Å². The fourth-order valence-electron chi connectivity index (χ4n) is 2.52. The van der Waals surface area contributed by atoms with Gasteiger partial charge in [-0.05, 0) is 12.1 Å². The van der Waals surface area contributed by atoms with E-state index in [4.69, 9.17) is 5.11 Å². The topological polar surface area (TPSA) is 67.2 Å². The van der Waals surface area contributed by atoms with Gasteiger partial charge in [-0.3, -0.25) is 4.68 Å². The minimum absolute atomic E-state index is 0.0456. The number of nitrogens with one attached hydrogen (secondary N) is 1. The van der Waals surface area contributed by atoms with Crippen LogP contribution >= 0.6 is 0 Å². The Hall–Kier alpha value is -2.28. The summed E-state index contributed by atoms with van der Waals surface area (Å²) < 4.78 is 29.5. The summed E-state index contributed by atoms with van der Waals surface area (Å²) in [5.74, 6) is -3.11. The van der Waals surface area contributed by atoms with Crippen molar-refractivity contribution in [2.75, 3.05) is 0 Å². The van der Waals surface area contributed by atoms with Gasteiger partial charge >= 0.3 is 5.97 Å². The fourth-order valence-corrected chi connectivity index (χ4v) is 2.52. The van der Waals surface area contributed by atoms with Crippen molar-refractivity contribution in [2.45, 2.75) is 39.3 Å². The van der Waals surface area contributed by atoms with E-state index in [2.05, 4.69) is 10.4 Å². The van der Waals surface area contributed by atoms with Crippen LogP contribution in [0.2, 0.25) is 0 Å². The Morgan fingerprint density at radius 2 is 1.83 bits per heavy atom. The van der Waals surface area contributed by atoms with Gasteiger partial charge in [-0.25, -0.2) is 13.6 Å². The summed E-state index contributed by atoms with van der Waals surface area (Å²) in [4.78, 5) is 10.8. The standard InChI is InChI=1S/C17H21F2N3O2/c1-17(2,3)15-11(9-22(4)21-15)7-20-8-12-13(18)5-10(16(23)24)6-14(12)19/h5-6,9,20H,7-8H2,1-4H3,(H,23,24). The number of nitrogens with zero attached hydrogens (tertiary/aromatic N) is 2. The molecule has 0 aliphatic rings. The highest BCUT2D eigenvalue weighted by atomic mass is 19.1. The van der Waals surface area contributed by atoms with E-state index >= 15 is 0 Å². The number of aryl methyl sites for hydroxylation is 1. The molecule has 0 aliphatic heterocycles. The van der Waals surface area contributed by atoms with Crippen molar-refractivity contribution in [3.63, 3.8) is 0 Å². The van der Waals surface area contributed by atoms with E-state index in [-0.39, 0.29) is 17.5 Å². The molecule has 0 fully saturated rings. The summed E-state index contributed by atoms with van der Waals surface area (Å²) in [5, 5.41) is 16.2. The SMILES string of the molecule is Cn1cc(CNCc2c(F)cc(C(=O)O)cc2F)c(C(C)(C)C)n1. The van der Waals surface area contributed by atoms with E-state index < -0.39 is 23.2 Å². The molecular formula is C17H21F2N3O2. The lowest BCUT2D eigenvalue weighted by atomic mass is 9.89. The number of aromatic carboxylic acids is 1. The zero-order valence-electron chi connectivity index (χ0n) is 14.2. The maximum Gasteiger partial charge on any atom is 0.335 e. The molecular weight excluding hydrogens is 316 g/mol. The first kappa shape index (κ1) is 18.1. The van der Waals surface area contributed by atoms with Crippen molar-refractivity contribution in [3.8, 4) is 0 Å². The molecule has 24 heavy (non-hydrogen) atoms. The van der Waals surface area contributed by atoms with Crippen molar-refractivity contribution >= 4 is 5.97 Å². The van der Waals surface area contributed by atoms with Gasteiger partial charge in [0, 0.05) is 42.9 Å². The molecule has 1 heterocycles. The predicted octanol–water partition coefficient (Wildman–Crippen LogP) is 2.98. The van der Waals surface area contributed by atoms with Gasteiger partial charge in [0.15, 0.2) is 0 Å². The lowest BCUT2D eigenvalue weighted by Gasteiger charge is -2.17. The van der Waals surface area contributed by atoms with E-state index in [9.17, 15) is 13.6 Å². The number of carboxylic acid groups (broad SMARTS) is 1. The first-order chi connectivity index (χ1) is 11.1. The Balaban J connectivity index is 2.12. The van der Waals surface area contributed by atoms with Crippen LogP contribution < -0.4 is 5.32 Å². The Bertz CT molecular complexity index is 741. The zero-order chi connectivity index (χ0) is 18.1. The van der Waals surface area contributed by atoms with Crippen molar-refractivity contribution in [1.29, 1.82) is 0 Å². The third-order valence-corrected chi connectivity index (χ3v) is 3.62. The highest BCUT2D eigenvalue weighted by Crippen LogP contribution is 2.24. The van der Waals surface area contributed by atoms with Gasteiger partial charge in [0.1, 0.15) is 11.6 Å². The third-order valence-electron chi connectivity index (χ3n) is 3.62. The average molecular weight is 337 g/mol. The van der Waals surface area contributed by atoms with Crippen LogP contribution in [-0.2, 0) is 25.6 Å². The minimum Gasteiger partial charge on any atom is -0.478 e. The van der Waals surface area contributed by atoms with Gasteiger partial charge in [-0.15, -0.1) is 0 Å². The van der Waals surface area contributed by atoms with Crippen molar-refractivity contribution in [3.05, 3.63) is 52.3 Å². The van der Waals surface area contributed by atoms with Gasteiger partial charge in [0.2, 0.25) is 0 Å². The molecule has 0 radical (unpaired) electrons. The number of hydrogen-bond acceptors (Lipinski definition) is 3. The first-order valence-electron chi connectivity index (χ1n) is 7.54. The molecule has 0 unspecified atom stereocenters. The Morgan fingerprint density at radius 3 is 2.33 bits per heavy atom. The number of aromatic nitrogens is 2. The fraction of sp³-hybridized carbons (Fsp3) is 0.412. The molecule has 0 saturated carbocycles. The number of rotatable bonds is 5. The van der Waals surface area contributed by atoms with E-state index in [1.54, 1.807) is 4.68 Å². The molecule has 2 rings (SSSR count). The summed E-state index contributed by atoms with van der Waals surface area (Å²) in [7, 11) is 1.82. The molecule has 1 aromatic heterocycles. The average Bonchev–Trinajstić information content (AvgIpc) is 2.82. The quantitative estimate of drug-likeness (QED) is 0.880. The predicted molar refractivity (Wildman–Crippen MR) is 85.8 cm³/mol. The van der Waals surface area contributed by atoms with Crippen LogP contribution in [-0.4, -0.2) is 20.9 Å². The van der Waals surface area contributed by atoms with Crippen LogP contribution in [0.5, 0.6) is 0 Å². The van der Waals surface area contributed by atoms with Crippen molar-refractivity contribution in [1.82, 2.24) is 15.1 Å². The van der Waals surface area contributed by atoms with Crippen LogP contribution in [0.15, 0.2) is 18.3 Å². The number of carbonyl (C=O) groups is 1. The number of halogens is 2. The van der Waals surface area contributed by atoms with Crippen LogP contribution in [0.3, 0.4) is 0 Å². The molecule has 2 aromatic rings. The molecule has 2 N–H and O–H groups in total. The Morgan fingerprint density at radius 1 is 1.25 bits per heavy atom. The summed E-state index contributed by atoms with van der Waals surface area (Å²) in [6.45, 7) is 6.49. The van der Waals surface area contributed by atoms with E-state index in [1.807, 2.05) is 34.0 Å². The smallest absolute Gasteiger partial charge is 0.335 e. The normalized spacial score (nSPS) is 11.8. The van der Waals surface area contributed by atoms with Gasteiger partial charge < -0.3 is 10.4 Å². The number of carboxylic acids is 1. The lowest BCUT2D eigenvalue weighted by molar-refractivity contribution is 0.0695. The molecule has 0 saturated heterocycles. The molecule has 0 atom stereocenters. The summed E-state index contributed by atoms with van der Waals surface area (Å²) >= 11 is 0. The van der Waals surface area contributed by atoms with Crippen molar-refractivity contribution in [2.24, 2.45) is 7.05 Å². The number of hydrogen-bond donors (Lipinski definition) is 2. The largest absolute Gasteiger partial charge is 0.478 e. The summed E-state index contributed by atoms with van der Waals surface area (Å²) in [6, 6.07) is 1.65. The molecule has 1 aromatic carbocycles. The molecule has 130 valence electrons. The van der Waals surface area contributed by atoms with Crippen LogP contribution in [0.25, 0.3) is 0 Å². The second-order valence-corrected chi connectivity index (χ2v) is 6.75. The second-order valence-electron chi connectivity index (χ2n) is 6.75. The van der Waals surface area contributed by atoms with E-state index in [1.165, 1.54) is 0 Å². The van der Waals surface area contributed by atoms with Gasteiger partial charge in [0.05, 0.1) is 11.3 Å². The minimum atomic E-state index is -1.36. The zero-order valence-corrected chi connectivity index (χ0v) is 14.2. The second kappa shape index (κ2) is 6.68. The molecule has 5 nitrogen and oxygen atoms in total. The van der Waals surface area contributed by atoms with Crippen LogP contribution in [0.4, 0.5) is 8.78 Å². The maximum atomic E-state index is 13.9. The third kappa shape index (κ3) is 3.97. The van der Waals surface area contributed by atoms with Crippen LogP contribution in [0, 0.1) is 11.6 Å². The highest BCUT2D eigenvalue weighted by Gasteiger charge is 2.22. The monoisotopic (exact) mass is 337 g/mol. The summed E-state index contributed by atoms with van der Waals surface area (Å²) in [6.07, 6.45) is 1.87. The first-order valence-corrected chi connectivity index (χ1v) is 7.54. The lowest BCUT2D eigenvalue weighted by Crippen LogP contribution is -2.20. The maximum absolute atomic E-state index is 13.9. The molecule has 0 amide bonds. The highest BCUT2D eigenvalue weighted by molar-refractivity contribution is 5.87. The van der Waals surface area contributed by atoms with Gasteiger partial charge in [-0.1, -0.05) is 20.8 Å². The van der Waals surface area contributed by atoms with Crippen molar-refractivity contribution < 1.29 is 18.7 Å².